The van der Waals surface area contributed by atoms with Crippen LogP contribution in [-0.2, 0) is 50.2 Å². The molecule has 1 unspecified atom stereocenters. The summed E-state index contributed by atoms with van der Waals surface area (Å²) in [5.74, 6) is -0.379. The van der Waals surface area contributed by atoms with Crippen molar-refractivity contribution in [2.75, 3.05) is 20.3 Å². The predicted octanol–water partition coefficient (Wildman–Crippen LogP) is 8.51. The SMILES string of the molecule is CCCC[Si](OCCCc1c(C(=O)OC)n(C)c2c(-c3c(CI)nn(C)c3COC3CCCCO3)c(Cl)ccc12)(c1ccccc1)c1ccccc1. The van der Waals surface area contributed by atoms with Crippen LogP contribution >= 0.6 is 34.2 Å². The van der Waals surface area contributed by atoms with Crippen LogP contribution < -0.4 is 10.4 Å². The van der Waals surface area contributed by atoms with E-state index in [1.54, 1.807) is 0 Å². The molecule has 3 heterocycles. The number of fused-ring (bicyclic) bond motifs is 1. The number of hydrogen-bond donors (Lipinski definition) is 0. The molecular formula is C41H49ClIN3O5Si. The van der Waals surface area contributed by atoms with Crippen molar-refractivity contribution in [3.05, 3.63) is 100 Å². The van der Waals surface area contributed by atoms with Gasteiger partial charge in [0.25, 0.3) is 8.32 Å². The molecule has 0 aliphatic carbocycles. The molecule has 0 radical (unpaired) electrons. The summed E-state index contributed by atoms with van der Waals surface area (Å²) >= 11 is 9.48. The second kappa shape index (κ2) is 17.9. The topological polar surface area (TPSA) is 76.7 Å². The van der Waals surface area contributed by atoms with Gasteiger partial charge in [-0.3, -0.25) is 4.68 Å². The third-order valence-electron chi connectivity index (χ3n) is 10.2. The minimum absolute atomic E-state index is 0.242. The molecule has 1 aliphatic heterocycles. The Bertz CT molecular complexity index is 1920. The van der Waals surface area contributed by atoms with Crippen molar-refractivity contribution in [2.45, 2.75) is 75.2 Å². The van der Waals surface area contributed by atoms with E-state index in [1.807, 2.05) is 35.5 Å². The van der Waals surface area contributed by atoms with Gasteiger partial charge in [-0.15, -0.1) is 0 Å². The Kier molecular flexibility index (Phi) is 13.3. The molecule has 0 spiro atoms. The molecule has 1 fully saturated rings. The third kappa shape index (κ3) is 7.93. The average molecular weight is 854 g/mol. The number of unbranched alkanes of at least 4 members (excludes halogenated alkanes) is 1. The van der Waals surface area contributed by atoms with Crippen LogP contribution in [0.25, 0.3) is 22.0 Å². The minimum Gasteiger partial charge on any atom is -0.464 e. The zero-order valence-corrected chi connectivity index (χ0v) is 34.5. The molecule has 11 heteroatoms. The van der Waals surface area contributed by atoms with Gasteiger partial charge in [0.2, 0.25) is 0 Å². The monoisotopic (exact) mass is 853 g/mol. The molecule has 0 bridgehead atoms. The van der Waals surface area contributed by atoms with Crippen molar-refractivity contribution >= 4 is 69.8 Å². The summed E-state index contributed by atoms with van der Waals surface area (Å²) < 4.78 is 29.3. The van der Waals surface area contributed by atoms with Gasteiger partial charge in [-0.1, -0.05) is 121 Å². The molecule has 8 nitrogen and oxygen atoms in total. The van der Waals surface area contributed by atoms with Crippen molar-refractivity contribution in [2.24, 2.45) is 14.1 Å². The van der Waals surface area contributed by atoms with E-state index in [4.69, 9.17) is 35.3 Å². The Morgan fingerprint density at radius 1 is 1.00 bits per heavy atom. The number of carbonyl (C=O) groups is 1. The fraction of sp³-hybridized carbons (Fsp3) is 0.415. The molecule has 2 aromatic heterocycles. The average Bonchev–Trinajstić information content (AvgIpc) is 3.66. The van der Waals surface area contributed by atoms with Gasteiger partial charge in [0.15, 0.2) is 6.29 Å². The predicted molar refractivity (Wildman–Crippen MR) is 219 cm³/mol. The van der Waals surface area contributed by atoms with E-state index >= 15 is 0 Å². The van der Waals surface area contributed by atoms with Crippen LogP contribution in [0.2, 0.25) is 11.1 Å². The van der Waals surface area contributed by atoms with Crippen LogP contribution in [-0.4, -0.2) is 55.2 Å². The van der Waals surface area contributed by atoms with E-state index < -0.39 is 8.32 Å². The normalized spacial score (nSPS) is 15.0. The number of nitrogens with zero attached hydrogens (tertiary/aromatic N) is 3. The Labute approximate surface area is 327 Å². The molecule has 5 aromatic rings. The van der Waals surface area contributed by atoms with E-state index in [9.17, 15) is 4.79 Å². The number of esters is 1. The molecule has 1 saturated heterocycles. The van der Waals surface area contributed by atoms with E-state index in [0.717, 1.165) is 83.6 Å². The highest BCUT2D eigenvalue weighted by Gasteiger charge is 2.39. The zero-order chi connectivity index (χ0) is 36.7. The summed E-state index contributed by atoms with van der Waals surface area (Å²) in [6, 6.07) is 26.5. The summed E-state index contributed by atoms with van der Waals surface area (Å²) in [5.41, 5.74) is 5.93. The van der Waals surface area contributed by atoms with Crippen LogP contribution in [0.3, 0.4) is 0 Å². The van der Waals surface area contributed by atoms with Crippen molar-refractivity contribution in [1.29, 1.82) is 0 Å². The first-order valence-electron chi connectivity index (χ1n) is 18.3. The summed E-state index contributed by atoms with van der Waals surface area (Å²) in [5, 5.41) is 9.02. The van der Waals surface area contributed by atoms with Gasteiger partial charge in [0.1, 0.15) is 5.69 Å². The maximum atomic E-state index is 13.6. The fourth-order valence-electron chi connectivity index (χ4n) is 7.66. The first-order valence-corrected chi connectivity index (χ1v) is 22.3. The lowest BCUT2D eigenvalue weighted by atomic mass is 9.98. The van der Waals surface area contributed by atoms with Crippen molar-refractivity contribution in [3.63, 3.8) is 0 Å². The number of hydrogen-bond acceptors (Lipinski definition) is 6. The van der Waals surface area contributed by atoms with Crippen molar-refractivity contribution < 1.29 is 23.4 Å². The Balaban J connectivity index is 1.37. The molecule has 276 valence electrons. The van der Waals surface area contributed by atoms with Gasteiger partial charge in [0, 0.05) is 48.2 Å². The minimum atomic E-state index is -2.54. The number of alkyl halides is 1. The van der Waals surface area contributed by atoms with Gasteiger partial charge >= 0.3 is 5.97 Å². The molecule has 52 heavy (non-hydrogen) atoms. The Morgan fingerprint density at radius 2 is 1.71 bits per heavy atom. The smallest absolute Gasteiger partial charge is 0.354 e. The van der Waals surface area contributed by atoms with E-state index in [1.165, 1.54) is 17.5 Å². The third-order valence-corrected chi connectivity index (χ3v) is 15.6. The Hall–Kier alpha value is -3.00. The number of methoxy groups -OCH3 is 1. The molecule has 3 aromatic carbocycles. The van der Waals surface area contributed by atoms with Crippen LogP contribution in [0.1, 0.15) is 72.9 Å². The molecule has 0 amide bonds. The van der Waals surface area contributed by atoms with E-state index in [-0.39, 0.29) is 12.3 Å². The number of aromatic nitrogens is 3. The second-order valence-corrected chi connectivity index (χ2v) is 18.2. The number of ether oxygens (including phenoxy) is 3. The summed E-state index contributed by atoms with van der Waals surface area (Å²) in [6.45, 7) is 3.84. The highest BCUT2D eigenvalue weighted by Crippen LogP contribution is 2.43. The lowest BCUT2D eigenvalue weighted by Crippen LogP contribution is -2.60. The van der Waals surface area contributed by atoms with Crippen LogP contribution in [0.5, 0.6) is 0 Å². The standard InChI is InChI=1S/C41H49ClIN3O5Si/c1-5-6-26-52(29-16-9-7-10-17-29,30-18-11-8-12-19-30)51-25-15-20-31-32-22-23-33(42)37(39(32)45(2)40(31)41(47)48-4)38-34(27-43)44-46(3)35(38)28-50-36-21-13-14-24-49-36/h7-12,16-19,22-23,36H,5-6,13-15,20-21,24-28H2,1-4H3. The Morgan fingerprint density at radius 3 is 2.33 bits per heavy atom. The molecule has 1 aliphatic rings. The quantitative estimate of drug-likeness (QED) is 0.0326. The number of carbonyl (C=O) groups excluding carboxylic acids is 1. The van der Waals surface area contributed by atoms with Crippen LogP contribution in [0.4, 0.5) is 0 Å². The molecule has 0 N–H and O–H groups in total. The van der Waals surface area contributed by atoms with Gasteiger partial charge in [-0.2, -0.15) is 5.10 Å². The summed E-state index contributed by atoms with van der Waals surface area (Å²) in [4.78, 5) is 13.6. The van der Waals surface area contributed by atoms with Gasteiger partial charge in [-0.25, -0.2) is 4.79 Å². The first kappa shape index (κ1) is 38.7. The molecule has 6 rings (SSSR count). The molecule has 0 saturated carbocycles. The second-order valence-electron chi connectivity index (χ2n) is 13.4. The van der Waals surface area contributed by atoms with E-state index in [0.29, 0.717) is 41.4 Å². The fourth-order valence-corrected chi connectivity index (χ4v) is 12.6. The zero-order valence-electron chi connectivity index (χ0n) is 30.6. The highest BCUT2D eigenvalue weighted by atomic mass is 127. The van der Waals surface area contributed by atoms with Gasteiger partial charge < -0.3 is 23.2 Å². The number of benzene rings is 3. The maximum absolute atomic E-state index is 13.6. The van der Waals surface area contributed by atoms with Crippen molar-refractivity contribution in [3.8, 4) is 11.1 Å². The van der Waals surface area contributed by atoms with Crippen LogP contribution in [0, 0.1) is 0 Å². The number of rotatable bonds is 16. The number of aryl methyl sites for hydroxylation is 3. The summed E-state index contributed by atoms with van der Waals surface area (Å²) in [6.07, 6.45) is 6.31. The first-order chi connectivity index (χ1) is 25.3. The lowest BCUT2D eigenvalue weighted by Gasteiger charge is -2.33. The largest absolute Gasteiger partial charge is 0.464 e. The molecule has 1 atom stereocenters. The lowest BCUT2D eigenvalue weighted by molar-refractivity contribution is -0.169. The summed E-state index contributed by atoms with van der Waals surface area (Å²) in [7, 11) is 2.77. The number of halogens is 2. The van der Waals surface area contributed by atoms with Gasteiger partial charge in [0.05, 0.1) is 35.6 Å². The van der Waals surface area contributed by atoms with Crippen molar-refractivity contribution in [1.82, 2.24) is 14.3 Å². The molecular weight excluding hydrogens is 805 g/mol. The van der Waals surface area contributed by atoms with Gasteiger partial charge in [-0.05, 0) is 60.2 Å². The van der Waals surface area contributed by atoms with E-state index in [2.05, 4.69) is 90.2 Å². The van der Waals surface area contributed by atoms with Crippen LogP contribution in [0.15, 0.2) is 72.8 Å². The maximum Gasteiger partial charge on any atom is 0.354 e. The highest BCUT2D eigenvalue weighted by molar-refractivity contribution is 14.1.